The Morgan fingerprint density at radius 2 is 1.84 bits per heavy atom. The first kappa shape index (κ1) is 12.1. The minimum absolute atomic E-state index is 0.579. The molecule has 0 radical (unpaired) electrons. The maximum atomic E-state index is 5.58. The minimum Gasteiger partial charge on any atom is -0.365 e. The van der Waals surface area contributed by atoms with Crippen molar-refractivity contribution in [3.05, 3.63) is 53.2 Å². The molecule has 5 heteroatoms. The summed E-state index contributed by atoms with van der Waals surface area (Å²) in [5.41, 5.74) is 7.94. The number of nitrogens with zero attached hydrogens (tertiary/aromatic N) is 2. The predicted molar refractivity (Wildman–Crippen MR) is 79.1 cm³/mol. The molecule has 2 aromatic heterocycles. The van der Waals surface area contributed by atoms with Crippen LogP contribution in [-0.2, 0) is 13.1 Å². The van der Waals surface area contributed by atoms with Gasteiger partial charge in [-0.15, -0.1) is 11.3 Å². The molecule has 0 amide bonds. The van der Waals surface area contributed by atoms with Crippen LogP contribution in [0.5, 0.6) is 0 Å². The van der Waals surface area contributed by atoms with Crippen molar-refractivity contribution in [1.29, 1.82) is 0 Å². The second-order valence-electron chi connectivity index (χ2n) is 4.24. The van der Waals surface area contributed by atoms with Gasteiger partial charge in [-0.25, -0.2) is 9.97 Å². The molecule has 0 bridgehead atoms. The van der Waals surface area contributed by atoms with Gasteiger partial charge in [-0.2, -0.15) is 0 Å². The molecule has 3 N–H and O–H groups in total. The van der Waals surface area contributed by atoms with E-state index in [9.17, 15) is 0 Å². The van der Waals surface area contributed by atoms with Gasteiger partial charge in [0.25, 0.3) is 0 Å². The van der Waals surface area contributed by atoms with Crippen molar-refractivity contribution < 1.29 is 0 Å². The van der Waals surface area contributed by atoms with Crippen LogP contribution in [-0.4, -0.2) is 9.97 Å². The van der Waals surface area contributed by atoms with Crippen LogP contribution in [0.2, 0.25) is 0 Å². The van der Waals surface area contributed by atoms with Gasteiger partial charge in [-0.05, 0) is 22.6 Å². The lowest BCUT2D eigenvalue weighted by Crippen LogP contribution is -2.02. The molecule has 0 aliphatic rings. The molecule has 3 aromatic rings. The molecule has 0 aliphatic carbocycles. The Morgan fingerprint density at radius 3 is 2.63 bits per heavy atom. The highest BCUT2D eigenvalue weighted by Crippen LogP contribution is 2.24. The fourth-order valence-corrected chi connectivity index (χ4v) is 2.64. The second-order valence-corrected chi connectivity index (χ2v) is 5.13. The number of hydrogen-bond acceptors (Lipinski definition) is 5. The van der Waals surface area contributed by atoms with E-state index in [2.05, 4.69) is 39.6 Å². The van der Waals surface area contributed by atoms with Crippen LogP contribution in [0.25, 0.3) is 10.2 Å². The highest BCUT2D eigenvalue weighted by atomic mass is 32.1. The fourth-order valence-electron chi connectivity index (χ4n) is 1.91. The Hall–Kier alpha value is -1.98. The van der Waals surface area contributed by atoms with Gasteiger partial charge in [0.05, 0.1) is 5.39 Å². The highest BCUT2D eigenvalue weighted by molar-refractivity contribution is 7.16. The molecule has 3 rings (SSSR count). The van der Waals surface area contributed by atoms with Crippen LogP contribution in [0.1, 0.15) is 11.1 Å². The molecule has 0 atom stereocenters. The Balaban J connectivity index is 1.76. The van der Waals surface area contributed by atoms with Gasteiger partial charge in [-0.3, -0.25) is 0 Å². The third kappa shape index (κ3) is 2.57. The van der Waals surface area contributed by atoms with Crippen molar-refractivity contribution in [2.24, 2.45) is 5.73 Å². The number of anilines is 1. The zero-order valence-electron chi connectivity index (χ0n) is 10.3. The average molecular weight is 270 g/mol. The van der Waals surface area contributed by atoms with Crippen LogP contribution >= 0.6 is 11.3 Å². The monoisotopic (exact) mass is 270 g/mol. The van der Waals surface area contributed by atoms with Crippen LogP contribution in [0.4, 0.5) is 5.82 Å². The number of rotatable bonds is 4. The van der Waals surface area contributed by atoms with Crippen LogP contribution in [0.15, 0.2) is 42.0 Å². The van der Waals surface area contributed by atoms with E-state index in [1.807, 2.05) is 11.4 Å². The second kappa shape index (κ2) is 5.34. The van der Waals surface area contributed by atoms with E-state index in [-0.39, 0.29) is 0 Å². The molecule has 19 heavy (non-hydrogen) atoms. The third-order valence-electron chi connectivity index (χ3n) is 2.98. The van der Waals surface area contributed by atoms with Crippen LogP contribution < -0.4 is 11.1 Å². The smallest absolute Gasteiger partial charge is 0.138 e. The Kier molecular flexibility index (Phi) is 3.39. The summed E-state index contributed by atoms with van der Waals surface area (Å²) >= 11 is 1.62. The Morgan fingerprint density at radius 1 is 1.05 bits per heavy atom. The van der Waals surface area contributed by atoms with Crippen molar-refractivity contribution >= 4 is 27.4 Å². The van der Waals surface area contributed by atoms with E-state index in [0.717, 1.165) is 28.1 Å². The average Bonchev–Trinajstić information content (AvgIpc) is 2.94. The van der Waals surface area contributed by atoms with Crippen molar-refractivity contribution in [2.45, 2.75) is 13.1 Å². The lowest BCUT2D eigenvalue weighted by Gasteiger charge is -2.07. The summed E-state index contributed by atoms with van der Waals surface area (Å²) in [7, 11) is 0. The number of thiophene rings is 1. The van der Waals surface area contributed by atoms with E-state index in [0.29, 0.717) is 6.54 Å². The molecule has 4 nitrogen and oxygen atoms in total. The van der Waals surface area contributed by atoms with E-state index in [1.165, 1.54) is 5.56 Å². The molecule has 0 saturated carbocycles. The van der Waals surface area contributed by atoms with E-state index < -0.39 is 0 Å². The van der Waals surface area contributed by atoms with Crippen molar-refractivity contribution in [1.82, 2.24) is 9.97 Å². The van der Waals surface area contributed by atoms with Gasteiger partial charge in [-0.1, -0.05) is 24.3 Å². The molecular formula is C14H14N4S. The zero-order chi connectivity index (χ0) is 13.1. The molecule has 1 aromatic carbocycles. The number of fused-ring (bicyclic) bond motifs is 1. The maximum absolute atomic E-state index is 5.58. The van der Waals surface area contributed by atoms with E-state index in [4.69, 9.17) is 5.73 Å². The SMILES string of the molecule is NCc1ccc(CNc2ncnc3sccc23)cc1. The standard InChI is InChI=1S/C14H14N4S/c15-7-10-1-3-11(4-2-10)8-16-13-12-5-6-19-14(12)18-9-17-13/h1-6,9H,7-8,15H2,(H,16,17,18). The lowest BCUT2D eigenvalue weighted by molar-refractivity contribution is 1.05. The zero-order valence-corrected chi connectivity index (χ0v) is 11.2. The fraction of sp³-hybridized carbons (Fsp3) is 0.143. The van der Waals surface area contributed by atoms with Crippen molar-refractivity contribution in [3.63, 3.8) is 0 Å². The Labute approximate surface area is 115 Å². The number of aromatic nitrogens is 2. The highest BCUT2D eigenvalue weighted by Gasteiger charge is 2.04. The van der Waals surface area contributed by atoms with Gasteiger partial charge >= 0.3 is 0 Å². The van der Waals surface area contributed by atoms with Crippen molar-refractivity contribution in [2.75, 3.05) is 5.32 Å². The molecule has 0 aliphatic heterocycles. The van der Waals surface area contributed by atoms with Gasteiger partial charge in [0.2, 0.25) is 0 Å². The Bertz CT molecular complexity index is 675. The third-order valence-corrected chi connectivity index (χ3v) is 3.80. The first-order valence-electron chi connectivity index (χ1n) is 6.07. The molecular weight excluding hydrogens is 256 g/mol. The molecule has 96 valence electrons. The maximum Gasteiger partial charge on any atom is 0.138 e. The lowest BCUT2D eigenvalue weighted by atomic mass is 10.1. The largest absolute Gasteiger partial charge is 0.365 e. The normalized spacial score (nSPS) is 10.8. The predicted octanol–water partition coefficient (Wildman–Crippen LogP) is 2.76. The van der Waals surface area contributed by atoms with Crippen LogP contribution in [0.3, 0.4) is 0 Å². The number of benzene rings is 1. The number of hydrogen-bond donors (Lipinski definition) is 2. The first-order valence-corrected chi connectivity index (χ1v) is 6.95. The summed E-state index contributed by atoms with van der Waals surface area (Å²) < 4.78 is 0. The summed E-state index contributed by atoms with van der Waals surface area (Å²) in [6.07, 6.45) is 1.60. The number of nitrogens with two attached hydrogens (primary N) is 1. The summed E-state index contributed by atoms with van der Waals surface area (Å²) in [5.74, 6) is 0.883. The quantitative estimate of drug-likeness (QED) is 0.765. The number of nitrogens with one attached hydrogen (secondary N) is 1. The molecule has 2 heterocycles. The molecule has 0 saturated heterocycles. The topological polar surface area (TPSA) is 63.8 Å². The van der Waals surface area contributed by atoms with Gasteiger partial charge in [0.1, 0.15) is 17.0 Å². The summed E-state index contributed by atoms with van der Waals surface area (Å²) in [4.78, 5) is 9.54. The van der Waals surface area contributed by atoms with Crippen LogP contribution in [0, 0.1) is 0 Å². The van der Waals surface area contributed by atoms with E-state index >= 15 is 0 Å². The molecule has 0 spiro atoms. The minimum atomic E-state index is 0.579. The van der Waals surface area contributed by atoms with E-state index in [1.54, 1.807) is 17.7 Å². The van der Waals surface area contributed by atoms with Gasteiger partial charge in [0, 0.05) is 13.1 Å². The summed E-state index contributed by atoms with van der Waals surface area (Å²) in [6.45, 7) is 1.32. The molecule has 0 fully saturated rings. The summed E-state index contributed by atoms with van der Waals surface area (Å²) in [6, 6.07) is 10.3. The first-order chi connectivity index (χ1) is 9.36. The van der Waals surface area contributed by atoms with Gasteiger partial charge in [0.15, 0.2) is 0 Å². The van der Waals surface area contributed by atoms with Gasteiger partial charge < -0.3 is 11.1 Å². The summed E-state index contributed by atoms with van der Waals surface area (Å²) in [5, 5.41) is 6.46. The van der Waals surface area contributed by atoms with Crippen molar-refractivity contribution in [3.8, 4) is 0 Å². The molecule has 0 unspecified atom stereocenters.